The summed E-state index contributed by atoms with van der Waals surface area (Å²) in [4.78, 5) is 0. The summed E-state index contributed by atoms with van der Waals surface area (Å²) in [6.07, 6.45) is -5.32. The van der Waals surface area contributed by atoms with Gasteiger partial charge in [0.15, 0.2) is 0 Å². The molecule has 0 saturated carbocycles. The molecule has 0 aromatic heterocycles. The molecule has 2 rings (SSSR count). The summed E-state index contributed by atoms with van der Waals surface area (Å²) in [5, 5.41) is 20.7. The van der Waals surface area contributed by atoms with E-state index in [1.807, 2.05) is 27.7 Å². The molecule has 30 heavy (non-hydrogen) atoms. The maximum absolute atomic E-state index is 12.9. The van der Waals surface area contributed by atoms with Crippen LogP contribution in [0.1, 0.15) is 41.5 Å². The fraction of sp³-hybridized carbons (Fsp3) is 1.00. The van der Waals surface area contributed by atoms with Gasteiger partial charge in [0.05, 0.1) is 37.6 Å². The Bertz CT molecular complexity index is 570. The van der Waals surface area contributed by atoms with Gasteiger partial charge in [-0.3, -0.25) is 0 Å². The Morgan fingerprint density at radius 1 is 0.933 bits per heavy atom. The molecule has 2 aliphatic heterocycles. The first-order valence-corrected chi connectivity index (χ1v) is 12.2. The summed E-state index contributed by atoms with van der Waals surface area (Å²) in [7, 11) is -2.21. The number of aliphatic hydroxyl groups excluding tert-OH is 2. The second-order valence-corrected chi connectivity index (χ2v) is 10.4. The van der Waals surface area contributed by atoms with Gasteiger partial charge >= 0.3 is 0 Å². The molecule has 173 valence electrons. The largest absolute Gasteiger partial charge is 0.388 e. The third kappa shape index (κ3) is 7.00. The van der Waals surface area contributed by atoms with E-state index in [1.165, 1.54) is 7.57 Å². The number of ether oxygens (including phenoxy) is 4. The Hall–Kier alpha value is -1.03. The van der Waals surface area contributed by atoms with Crippen LogP contribution in [0.3, 0.4) is 0 Å². The van der Waals surface area contributed by atoms with E-state index in [4.69, 9.17) is 28.0 Å². The molecular weight excluding hydrogens is 671 g/mol. The van der Waals surface area contributed by atoms with Gasteiger partial charge in [0.25, 0.3) is 0 Å². The first-order valence-electron chi connectivity index (χ1n) is 10.3. The van der Waals surface area contributed by atoms with Gasteiger partial charge in [-0.15, -0.1) is 0 Å². The van der Waals surface area contributed by atoms with E-state index in [-0.39, 0.29) is 25.4 Å². The Balaban J connectivity index is 0.00000450. The normalized spacial score (nSPS) is 38.8. The summed E-state index contributed by atoms with van der Waals surface area (Å²) in [5.41, 5.74) is 0. The standard InChI is InChI=1S/C18H36BO9P.Hs/c1-9(2)23-7-13-18(16(21)12(6)26-13)28-29(19,22)24-8-14-17(25-10(3)4)15(20)11(5)27-14;/h9-18,20-21H,7-8,19H2,1-6H3;/q-1;/t11-,12-,13+,14+,15+,16+,17?,18?,29?;/m0./s1. The fourth-order valence-corrected chi connectivity index (χ4v) is 4.65. The predicted octanol–water partition coefficient (Wildman–Crippen LogP) is 0.644. The minimum absolute atomic E-state index is 0. The number of rotatable bonds is 10. The summed E-state index contributed by atoms with van der Waals surface area (Å²) >= 11 is 0. The molecule has 3 unspecified atom stereocenters. The van der Waals surface area contributed by atoms with Crippen molar-refractivity contribution in [3.8, 4) is 0 Å². The van der Waals surface area contributed by atoms with Crippen molar-refractivity contribution in [2.24, 2.45) is 0 Å². The monoisotopic (exact) mass is 707 g/mol. The zero-order valence-corrected chi connectivity index (χ0v) is 26.5. The molecule has 0 aromatic rings. The molecule has 0 bridgehead atoms. The summed E-state index contributed by atoms with van der Waals surface area (Å²) < 4.78 is 46.9. The van der Waals surface area contributed by atoms with Crippen molar-refractivity contribution in [2.75, 3.05) is 13.2 Å². The minimum atomic E-state index is -3.56. The van der Waals surface area contributed by atoms with Crippen LogP contribution in [0.2, 0.25) is 0 Å². The molecule has 1 radical (unpaired) electrons. The molecule has 2 saturated heterocycles. The van der Waals surface area contributed by atoms with Crippen LogP contribution < -0.4 is 0 Å². The van der Waals surface area contributed by atoms with Crippen LogP contribution in [0.4, 0.5) is 0 Å². The molecule has 12 heteroatoms. The maximum Gasteiger partial charge on any atom is 0.121 e. The van der Waals surface area contributed by atoms with E-state index in [0.717, 1.165) is 0 Å². The number of hydrogen-bond donors (Lipinski definition) is 2. The molecular formula is C18H36BHsO9P-. The molecule has 2 heterocycles. The second-order valence-electron chi connectivity index (χ2n) is 8.41. The van der Waals surface area contributed by atoms with E-state index in [0.29, 0.717) is 0 Å². The Kier molecular flexibility index (Phi) is 9.92. The van der Waals surface area contributed by atoms with Crippen molar-refractivity contribution >= 4 is 15.0 Å². The molecule has 9 atom stereocenters. The van der Waals surface area contributed by atoms with Gasteiger partial charge in [0, 0.05) is 0 Å². The fourth-order valence-electron chi connectivity index (χ4n) is 3.47. The molecule has 2 fully saturated rings. The van der Waals surface area contributed by atoms with Gasteiger partial charge < -0.3 is 42.8 Å². The summed E-state index contributed by atoms with van der Waals surface area (Å²) in [6.45, 7) is 11.1. The van der Waals surface area contributed by atoms with Crippen molar-refractivity contribution in [2.45, 2.75) is 103 Å². The third-order valence-corrected chi connectivity index (χ3v) is 6.20. The van der Waals surface area contributed by atoms with Gasteiger partial charge in [0.1, 0.15) is 44.1 Å². The van der Waals surface area contributed by atoms with Crippen molar-refractivity contribution < 1.29 is 42.8 Å². The van der Waals surface area contributed by atoms with E-state index in [1.54, 1.807) is 13.8 Å². The van der Waals surface area contributed by atoms with Crippen molar-refractivity contribution in [1.29, 1.82) is 0 Å². The Morgan fingerprint density at radius 2 is 1.43 bits per heavy atom. The van der Waals surface area contributed by atoms with Crippen molar-refractivity contribution in [3.05, 3.63) is 0 Å². The van der Waals surface area contributed by atoms with Crippen LogP contribution in [0.5, 0.6) is 0 Å². The maximum atomic E-state index is 12.9. The van der Waals surface area contributed by atoms with E-state index < -0.39 is 56.3 Å². The van der Waals surface area contributed by atoms with E-state index >= 15 is 0 Å². The summed E-state index contributed by atoms with van der Waals surface area (Å²) in [5.74, 6) is 0. The topological polar surface area (TPSA) is 113 Å². The minimum Gasteiger partial charge on any atom is -0.388 e. The molecule has 0 aliphatic carbocycles. The first kappa shape index (κ1) is 27.0. The zero-order valence-electron chi connectivity index (χ0n) is 19.1. The Morgan fingerprint density at radius 3 is 1.93 bits per heavy atom. The van der Waals surface area contributed by atoms with E-state index in [2.05, 4.69) is 0 Å². The molecule has 2 aliphatic rings. The quantitative estimate of drug-likeness (QED) is 0.250. The summed E-state index contributed by atoms with van der Waals surface area (Å²) in [6, 6.07) is 0. The molecule has 0 amide bonds. The third-order valence-electron chi connectivity index (χ3n) is 4.96. The van der Waals surface area contributed by atoms with Gasteiger partial charge in [-0.05, 0) is 49.1 Å². The average molecular weight is 707 g/mol. The van der Waals surface area contributed by atoms with Gasteiger partial charge in [-0.2, -0.15) is 0 Å². The second kappa shape index (κ2) is 11.0. The molecule has 0 spiro atoms. The van der Waals surface area contributed by atoms with E-state index in [9.17, 15) is 14.8 Å². The van der Waals surface area contributed by atoms with Crippen LogP contribution in [-0.4, -0.2) is 92.0 Å². The van der Waals surface area contributed by atoms with Crippen LogP contribution in [0, 0.1) is 0 Å². The van der Waals surface area contributed by atoms with Crippen molar-refractivity contribution in [1.82, 2.24) is 0 Å². The molecule has 9 nitrogen and oxygen atoms in total. The first-order chi connectivity index (χ1) is 13.4. The van der Waals surface area contributed by atoms with Gasteiger partial charge in [-0.1, -0.05) is 0 Å². The predicted molar refractivity (Wildman–Crippen MR) is 109 cm³/mol. The van der Waals surface area contributed by atoms with Crippen LogP contribution in [-0.2, 0) is 32.6 Å². The van der Waals surface area contributed by atoms with Gasteiger partial charge in [-0.25, -0.2) is 0 Å². The zero-order chi connectivity index (χ0) is 21.9. The Labute approximate surface area is 174 Å². The smallest absolute Gasteiger partial charge is 0.121 e. The van der Waals surface area contributed by atoms with Crippen LogP contribution >= 0.6 is 7.47 Å². The molecule has 0 aromatic carbocycles. The van der Waals surface area contributed by atoms with Gasteiger partial charge in [0.2, 0.25) is 0 Å². The SMILES string of the molecule is [BH2-]P(=O)(OC[C@H]1O[C@@H](C)[C@@H](O)C1OC(C)C)OC1[C@@H](COC(C)C)O[C@@H](C)[C@H]1O.[Hs]. The average Bonchev–Trinajstić information content (AvgIpc) is 3.02. The van der Waals surface area contributed by atoms with Crippen LogP contribution in [0.25, 0.3) is 0 Å². The van der Waals surface area contributed by atoms with Crippen LogP contribution in [0.15, 0.2) is 0 Å². The molecule has 2 N–H and O–H groups in total. The number of hydrogen-bond acceptors (Lipinski definition) is 9. The van der Waals surface area contributed by atoms with Crippen molar-refractivity contribution in [3.63, 3.8) is 0 Å². The number of aliphatic hydroxyl groups is 2.